The number of unbranched alkanes of at least 4 members (excludes halogenated alkanes) is 10. The first-order chi connectivity index (χ1) is 15.7. The summed E-state index contributed by atoms with van der Waals surface area (Å²) in [6.07, 6.45) is 15.0. The van der Waals surface area contributed by atoms with Crippen molar-refractivity contribution in [1.82, 2.24) is 0 Å². The molecule has 0 radical (unpaired) electrons. The second-order valence-corrected chi connectivity index (χ2v) is 8.24. The lowest BCUT2D eigenvalue weighted by Crippen LogP contribution is -2.12. The number of furan rings is 1. The zero-order valence-corrected chi connectivity index (χ0v) is 19.5. The van der Waals surface area contributed by atoms with Crippen LogP contribution in [0.4, 0.5) is 0 Å². The van der Waals surface area contributed by atoms with E-state index in [0.29, 0.717) is 12.4 Å². The predicted molar refractivity (Wildman–Crippen MR) is 126 cm³/mol. The maximum atomic E-state index is 12.4. The fraction of sp³-hybridized carbons (Fsp3) is 0.556. The maximum Gasteiger partial charge on any atom is 0.314 e. The number of carbonyl (C=O) groups is 2. The molecule has 1 aromatic carbocycles. The predicted octanol–water partition coefficient (Wildman–Crippen LogP) is 7.29. The summed E-state index contributed by atoms with van der Waals surface area (Å²) < 4.78 is 16.2. The summed E-state index contributed by atoms with van der Waals surface area (Å²) >= 11 is 0. The number of rotatable bonds is 18. The third kappa shape index (κ3) is 10.7. The van der Waals surface area contributed by atoms with Gasteiger partial charge in [0.25, 0.3) is 0 Å². The monoisotopic (exact) mass is 442 g/mol. The highest BCUT2D eigenvalue weighted by atomic mass is 16.5. The second kappa shape index (κ2) is 16.1. The Morgan fingerprint density at radius 2 is 1.44 bits per heavy atom. The van der Waals surface area contributed by atoms with Crippen LogP contribution in [0.25, 0.3) is 0 Å². The van der Waals surface area contributed by atoms with Gasteiger partial charge in [-0.05, 0) is 12.0 Å². The van der Waals surface area contributed by atoms with Crippen molar-refractivity contribution < 1.29 is 23.5 Å². The van der Waals surface area contributed by atoms with Gasteiger partial charge < -0.3 is 13.9 Å². The van der Waals surface area contributed by atoms with Gasteiger partial charge in [0.1, 0.15) is 13.0 Å². The topological polar surface area (TPSA) is 65.7 Å². The molecule has 0 atom stereocenters. The summed E-state index contributed by atoms with van der Waals surface area (Å²) in [5.41, 5.74) is 0.877. The Kier molecular flexibility index (Phi) is 13.0. The van der Waals surface area contributed by atoms with Gasteiger partial charge in [-0.2, -0.15) is 0 Å². The molecular weight excluding hydrogens is 404 g/mol. The van der Waals surface area contributed by atoms with Gasteiger partial charge in [0.05, 0.1) is 12.9 Å². The first-order valence-electron chi connectivity index (χ1n) is 12.1. The van der Waals surface area contributed by atoms with Gasteiger partial charge in [-0.25, -0.2) is 0 Å². The number of carbonyl (C=O) groups excluding carboxylic acids is 2. The van der Waals surface area contributed by atoms with E-state index in [0.717, 1.165) is 18.4 Å². The van der Waals surface area contributed by atoms with E-state index in [-0.39, 0.29) is 18.8 Å². The Labute approximate surface area is 192 Å². The standard InChI is InChI=1S/C27H38O5/c1-2-3-4-5-6-7-8-9-10-11-15-19-30-25-18-20-31-27(25)24(28)21-26(29)32-22-23-16-13-12-14-17-23/h12-14,16-18,20H,2-11,15,19,21-22H2,1H3. The molecule has 0 aliphatic heterocycles. The molecule has 1 heterocycles. The van der Waals surface area contributed by atoms with Gasteiger partial charge in [0.15, 0.2) is 5.75 Å². The molecule has 1 aromatic heterocycles. The average Bonchev–Trinajstić information content (AvgIpc) is 3.28. The van der Waals surface area contributed by atoms with Crippen molar-refractivity contribution in [3.63, 3.8) is 0 Å². The maximum absolute atomic E-state index is 12.4. The lowest BCUT2D eigenvalue weighted by molar-refractivity contribution is -0.143. The van der Waals surface area contributed by atoms with Crippen LogP contribution in [-0.4, -0.2) is 18.4 Å². The lowest BCUT2D eigenvalue weighted by atomic mass is 10.1. The smallest absolute Gasteiger partial charge is 0.314 e. The van der Waals surface area contributed by atoms with Crippen molar-refractivity contribution in [1.29, 1.82) is 0 Å². The molecule has 0 aliphatic carbocycles. The quantitative estimate of drug-likeness (QED) is 0.105. The van der Waals surface area contributed by atoms with Gasteiger partial charge in [-0.3, -0.25) is 9.59 Å². The minimum absolute atomic E-state index is 0.0877. The minimum atomic E-state index is -0.577. The first-order valence-corrected chi connectivity index (χ1v) is 12.1. The number of benzene rings is 1. The average molecular weight is 443 g/mol. The summed E-state index contributed by atoms with van der Waals surface area (Å²) in [6, 6.07) is 11.0. The van der Waals surface area contributed by atoms with E-state index in [2.05, 4.69) is 6.92 Å². The largest absolute Gasteiger partial charge is 0.489 e. The molecule has 176 valence electrons. The van der Waals surface area contributed by atoms with Crippen LogP contribution in [0.5, 0.6) is 5.75 Å². The number of esters is 1. The van der Waals surface area contributed by atoms with Gasteiger partial charge in [0.2, 0.25) is 11.5 Å². The Bertz CT molecular complexity index is 765. The van der Waals surface area contributed by atoms with E-state index in [9.17, 15) is 9.59 Å². The number of Topliss-reactive ketones (excluding diaryl/α,β-unsaturated/α-hetero) is 1. The zero-order valence-electron chi connectivity index (χ0n) is 19.5. The van der Waals surface area contributed by atoms with Crippen LogP contribution in [0.3, 0.4) is 0 Å². The third-order valence-corrected chi connectivity index (χ3v) is 5.44. The molecule has 0 spiro atoms. The molecule has 0 N–H and O–H groups in total. The molecule has 0 fully saturated rings. The Hall–Kier alpha value is -2.56. The SMILES string of the molecule is CCCCCCCCCCCCCOc1ccoc1C(=O)CC(=O)OCc1ccccc1. The van der Waals surface area contributed by atoms with Gasteiger partial charge in [-0.1, -0.05) is 101 Å². The van der Waals surface area contributed by atoms with Crippen molar-refractivity contribution in [3.8, 4) is 5.75 Å². The summed E-state index contributed by atoms with van der Waals surface area (Å²) in [5, 5.41) is 0. The van der Waals surface area contributed by atoms with Crippen molar-refractivity contribution in [2.45, 2.75) is 90.6 Å². The van der Waals surface area contributed by atoms with Crippen molar-refractivity contribution in [2.24, 2.45) is 0 Å². The minimum Gasteiger partial charge on any atom is -0.489 e. The number of hydrogen-bond donors (Lipinski definition) is 0. The Morgan fingerprint density at radius 1 is 0.812 bits per heavy atom. The highest BCUT2D eigenvalue weighted by Crippen LogP contribution is 2.22. The highest BCUT2D eigenvalue weighted by molar-refractivity contribution is 6.05. The fourth-order valence-corrected chi connectivity index (χ4v) is 3.56. The summed E-state index contributed by atoms with van der Waals surface area (Å²) in [4.78, 5) is 24.4. The Balaban J connectivity index is 1.56. The van der Waals surface area contributed by atoms with Crippen molar-refractivity contribution in [3.05, 3.63) is 54.0 Å². The summed E-state index contributed by atoms with van der Waals surface area (Å²) in [5.74, 6) is -0.517. The number of hydrogen-bond acceptors (Lipinski definition) is 5. The summed E-state index contributed by atoms with van der Waals surface area (Å²) in [7, 11) is 0. The first kappa shape index (κ1) is 25.7. The van der Waals surface area contributed by atoms with Crippen molar-refractivity contribution >= 4 is 11.8 Å². The molecule has 5 nitrogen and oxygen atoms in total. The third-order valence-electron chi connectivity index (χ3n) is 5.44. The van der Waals surface area contributed by atoms with Crippen LogP contribution in [-0.2, 0) is 16.1 Å². The molecule has 32 heavy (non-hydrogen) atoms. The normalized spacial score (nSPS) is 10.8. The number of ketones is 1. The van der Waals surface area contributed by atoms with E-state index in [1.54, 1.807) is 6.07 Å². The highest BCUT2D eigenvalue weighted by Gasteiger charge is 2.20. The molecule has 2 aromatic rings. The zero-order chi connectivity index (χ0) is 22.9. The van der Waals surface area contributed by atoms with Crippen LogP contribution in [0, 0.1) is 0 Å². The molecule has 0 aliphatic rings. The molecule has 0 saturated heterocycles. The van der Waals surface area contributed by atoms with Gasteiger partial charge in [-0.15, -0.1) is 0 Å². The number of ether oxygens (including phenoxy) is 2. The van der Waals surface area contributed by atoms with Crippen LogP contribution in [0.15, 0.2) is 47.1 Å². The molecule has 0 unspecified atom stereocenters. The van der Waals surface area contributed by atoms with E-state index < -0.39 is 11.8 Å². The molecule has 2 rings (SSSR count). The van der Waals surface area contributed by atoms with E-state index in [1.165, 1.54) is 64.1 Å². The van der Waals surface area contributed by atoms with Crippen LogP contribution >= 0.6 is 0 Å². The molecular formula is C27H38O5. The van der Waals surface area contributed by atoms with E-state index >= 15 is 0 Å². The van der Waals surface area contributed by atoms with Crippen LogP contribution < -0.4 is 4.74 Å². The van der Waals surface area contributed by atoms with E-state index in [4.69, 9.17) is 13.9 Å². The molecule has 0 amide bonds. The Morgan fingerprint density at radius 3 is 2.09 bits per heavy atom. The molecule has 5 heteroatoms. The lowest BCUT2D eigenvalue weighted by Gasteiger charge is -2.07. The van der Waals surface area contributed by atoms with E-state index in [1.807, 2.05) is 30.3 Å². The van der Waals surface area contributed by atoms with Crippen LogP contribution in [0.1, 0.15) is 100 Å². The molecule has 0 bridgehead atoms. The van der Waals surface area contributed by atoms with Gasteiger partial charge in [0, 0.05) is 6.07 Å². The second-order valence-electron chi connectivity index (χ2n) is 8.24. The fourth-order valence-electron chi connectivity index (χ4n) is 3.56. The summed E-state index contributed by atoms with van der Waals surface area (Å²) in [6.45, 7) is 2.93. The van der Waals surface area contributed by atoms with Gasteiger partial charge >= 0.3 is 5.97 Å². The van der Waals surface area contributed by atoms with Crippen molar-refractivity contribution in [2.75, 3.05) is 6.61 Å². The van der Waals surface area contributed by atoms with Crippen LogP contribution in [0.2, 0.25) is 0 Å². The molecule has 0 saturated carbocycles.